The van der Waals surface area contributed by atoms with Gasteiger partial charge in [0.25, 0.3) is 0 Å². The van der Waals surface area contributed by atoms with Crippen molar-refractivity contribution in [3.8, 4) is 0 Å². The molecular weight excluding hydrogens is 228 g/mol. The second-order valence-corrected chi connectivity index (χ2v) is 6.78. The molecule has 1 N–H and O–H groups in total. The lowest BCUT2D eigenvalue weighted by Gasteiger charge is -2.33. The van der Waals surface area contributed by atoms with Crippen LogP contribution in [0.4, 0.5) is 0 Å². The monoisotopic (exact) mass is 254 g/mol. The SMILES string of the molecule is CCC1(CC)CN=C(NCC(C)C2CC2)SC1. The van der Waals surface area contributed by atoms with Crippen LogP contribution in [0.25, 0.3) is 0 Å². The number of amidine groups is 1. The van der Waals surface area contributed by atoms with E-state index in [1.165, 1.54) is 36.6 Å². The summed E-state index contributed by atoms with van der Waals surface area (Å²) in [5.74, 6) is 3.05. The van der Waals surface area contributed by atoms with Crippen molar-refractivity contribution in [3.63, 3.8) is 0 Å². The highest BCUT2D eigenvalue weighted by Gasteiger charge is 2.31. The van der Waals surface area contributed by atoms with E-state index < -0.39 is 0 Å². The summed E-state index contributed by atoms with van der Waals surface area (Å²) in [6.07, 6.45) is 5.39. The van der Waals surface area contributed by atoms with Crippen LogP contribution in [0.1, 0.15) is 46.5 Å². The molecule has 0 amide bonds. The van der Waals surface area contributed by atoms with E-state index in [1.54, 1.807) is 0 Å². The predicted octanol–water partition coefficient (Wildman–Crippen LogP) is 3.53. The lowest BCUT2D eigenvalue weighted by atomic mass is 9.84. The molecule has 1 fully saturated rings. The normalized spacial score (nSPS) is 25.2. The Labute approximate surface area is 110 Å². The average molecular weight is 254 g/mol. The van der Waals surface area contributed by atoms with Crippen LogP contribution in [-0.2, 0) is 0 Å². The highest BCUT2D eigenvalue weighted by Crippen LogP contribution is 2.37. The van der Waals surface area contributed by atoms with Crippen LogP contribution in [0.3, 0.4) is 0 Å². The smallest absolute Gasteiger partial charge is 0.156 e. The van der Waals surface area contributed by atoms with Gasteiger partial charge < -0.3 is 5.32 Å². The van der Waals surface area contributed by atoms with Gasteiger partial charge in [-0.15, -0.1) is 0 Å². The molecule has 17 heavy (non-hydrogen) atoms. The van der Waals surface area contributed by atoms with E-state index in [4.69, 9.17) is 4.99 Å². The van der Waals surface area contributed by atoms with Gasteiger partial charge in [-0.05, 0) is 42.9 Å². The second kappa shape index (κ2) is 5.64. The molecule has 2 rings (SSSR count). The van der Waals surface area contributed by atoms with Gasteiger partial charge in [0.2, 0.25) is 0 Å². The maximum atomic E-state index is 4.74. The van der Waals surface area contributed by atoms with Gasteiger partial charge in [-0.3, -0.25) is 4.99 Å². The van der Waals surface area contributed by atoms with Gasteiger partial charge in [0.1, 0.15) is 0 Å². The fourth-order valence-electron chi connectivity index (χ4n) is 2.42. The molecule has 2 nitrogen and oxygen atoms in total. The van der Waals surface area contributed by atoms with Crippen molar-refractivity contribution in [2.45, 2.75) is 46.5 Å². The number of hydrogen-bond acceptors (Lipinski definition) is 3. The Bertz CT molecular complexity index is 280. The summed E-state index contributed by atoms with van der Waals surface area (Å²) in [5.41, 5.74) is 0.470. The third-order valence-electron chi connectivity index (χ3n) is 4.58. The fraction of sp³-hybridized carbons (Fsp3) is 0.929. The van der Waals surface area contributed by atoms with Crippen molar-refractivity contribution in [2.24, 2.45) is 22.2 Å². The van der Waals surface area contributed by atoms with Gasteiger partial charge in [0, 0.05) is 18.8 Å². The molecular formula is C14H26N2S. The summed E-state index contributed by atoms with van der Waals surface area (Å²) in [4.78, 5) is 4.74. The van der Waals surface area contributed by atoms with Crippen molar-refractivity contribution in [1.29, 1.82) is 0 Å². The zero-order valence-corrected chi connectivity index (χ0v) is 12.3. The minimum absolute atomic E-state index is 0.470. The molecule has 0 aromatic heterocycles. The van der Waals surface area contributed by atoms with E-state index in [0.29, 0.717) is 5.41 Å². The molecule has 1 heterocycles. The predicted molar refractivity (Wildman–Crippen MR) is 77.7 cm³/mol. The Morgan fingerprint density at radius 3 is 2.59 bits per heavy atom. The van der Waals surface area contributed by atoms with Crippen LogP contribution in [0, 0.1) is 17.3 Å². The summed E-state index contributed by atoms with van der Waals surface area (Å²) in [7, 11) is 0. The molecule has 0 aromatic rings. The summed E-state index contributed by atoms with van der Waals surface area (Å²) in [6.45, 7) is 9.09. The molecule has 1 aliphatic carbocycles. The minimum atomic E-state index is 0.470. The number of nitrogens with zero attached hydrogens (tertiary/aromatic N) is 1. The van der Waals surface area contributed by atoms with Gasteiger partial charge >= 0.3 is 0 Å². The van der Waals surface area contributed by atoms with Crippen LogP contribution in [0.15, 0.2) is 4.99 Å². The maximum absolute atomic E-state index is 4.74. The van der Waals surface area contributed by atoms with Gasteiger partial charge in [-0.25, -0.2) is 0 Å². The molecule has 0 saturated heterocycles. The van der Waals surface area contributed by atoms with Crippen LogP contribution in [0.5, 0.6) is 0 Å². The Hall–Kier alpha value is -0.180. The Morgan fingerprint density at radius 1 is 1.41 bits per heavy atom. The molecule has 0 radical (unpaired) electrons. The third kappa shape index (κ3) is 3.40. The van der Waals surface area contributed by atoms with E-state index >= 15 is 0 Å². The van der Waals surface area contributed by atoms with Crippen molar-refractivity contribution in [2.75, 3.05) is 18.8 Å². The number of rotatable bonds is 5. The maximum Gasteiger partial charge on any atom is 0.156 e. The lowest BCUT2D eigenvalue weighted by molar-refractivity contribution is 0.318. The van der Waals surface area contributed by atoms with E-state index in [-0.39, 0.29) is 0 Å². The quantitative estimate of drug-likeness (QED) is 0.811. The zero-order valence-electron chi connectivity index (χ0n) is 11.5. The summed E-state index contributed by atoms with van der Waals surface area (Å²) >= 11 is 1.93. The third-order valence-corrected chi connectivity index (χ3v) is 5.88. The highest BCUT2D eigenvalue weighted by molar-refractivity contribution is 8.13. The summed E-state index contributed by atoms with van der Waals surface area (Å²) in [5, 5.41) is 4.73. The van der Waals surface area contributed by atoms with E-state index in [1.807, 2.05) is 11.8 Å². The molecule has 98 valence electrons. The zero-order chi connectivity index (χ0) is 12.3. The number of aliphatic imine (C=N–C) groups is 1. The standard InChI is InChI=1S/C14H26N2S/c1-4-14(5-2)9-16-13(17-10-14)15-8-11(3)12-6-7-12/h11-12H,4-10H2,1-3H3,(H,15,16). The minimum Gasteiger partial charge on any atom is -0.365 e. The molecule has 3 heteroatoms. The first-order valence-corrected chi connectivity index (χ1v) is 8.09. The van der Waals surface area contributed by atoms with Crippen LogP contribution < -0.4 is 5.32 Å². The number of hydrogen-bond donors (Lipinski definition) is 1. The molecule has 2 aliphatic rings. The topological polar surface area (TPSA) is 24.4 Å². The molecule has 1 unspecified atom stereocenters. The van der Waals surface area contributed by atoms with Crippen molar-refractivity contribution < 1.29 is 0 Å². The Balaban J connectivity index is 1.77. The average Bonchev–Trinajstić information content (AvgIpc) is 3.21. The van der Waals surface area contributed by atoms with E-state index in [2.05, 4.69) is 26.1 Å². The van der Waals surface area contributed by atoms with Gasteiger partial charge in [-0.1, -0.05) is 32.5 Å². The molecule has 0 spiro atoms. The highest BCUT2D eigenvalue weighted by atomic mass is 32.2. The lowest BCUT2D eigenvalue weighted by Crippen LogP contribution is -2.36. The summed E-state index contributed by atoms with van der Waals surface area (Å²) in [6, 6.07) is 0. The summed E-state index contributed by atoms with van der Waals surface area (Å²) < 4.78 is 0. The van der Waals surface area contributed by atoms with Crippen LogP contribution in [0.2, 0.25) is 0 Å². The van der Waals surface area contributed by atoms with E-state index in [9.17, 15) is 0 Å². The van der Waals surface area contributed by atoms with Gasteiger partial charge in [-0.2, -0.15) is 0 Å². The fourth-order valence-corrected chi connectivity index (χ4v) is 3.70. The Kier molecular flexibility index (Phi) is 4.40. The molecule has 1 aliphatic heterocycles. The van der Waals surface area contributed by atoms with E-state index in [0.717, 1.165) is 24.9 Å². The number of thioether (sulfide) groups is 1. The first-order chi connectivity index (χ1) is 8.19. The van der Waals surface area contributed by atoms with Crippen molar-refractivity contribution >= 4 is 16.9 Å². The molecule has 1 saturated carbocycles. The van der Waals surface area contributed by atoms with Crippen molar-refractivity contribution in [3.05, 3.63) is 0 Å². The molecule has 1 atom stereocenters. The van der Waals surface area contributed by atoms with Gasteiger partial charge in [0.05, 0.1) is 0 Å². The Morgan fingerprint density at radius 2 is 2.12 bits per heavy atom. The van der Waals surface area contributed by atoms with Gasteiger partial charge in [0.15, 0.2) is 5.17 Å². The first kappa shape index (κ1) is 13.3. The van der Waals surface area contributed by atoms with Crippen LogP contribution in [-0.4, -0.2) is 24.0 Å². The van der Waals surface area contributed by atoms with Crippen molar-refractivity contribution in [1.82, 2.24) is 5.32 Å². The number of nitrogens with one attached hydrogen (secondary N) is 1. The second-order valence-electron chi connectivity index (χ2n) is 5.81. The molecule has 0 bridgehead atoms. The largest absolute Gasteiger partial charge is 0.365 e. The first-order valence-electron chi connectivity index (χ1n) is 7.10. The molecule has 0 aromatic carbocycles. The van der Waals surface area contributed by atoms with Crippen LogP contribution >= 0.6 is 11.8 Å².